The SMILES string of the molecule is Cc1cc(C(=O)NC2(C(N)=NO)CCC(C)CC2)co1. The number of furan rings is 1. The molecule has 0 radical (unpaired) electrons. The summed E-state index contributed by atoms with van der Waals surface area (Å²) in [5.41, 5.74) is 5.51. The number of nitrogens with two attached hydrogens (primary N) is 1. The maximum absolute atomic E-state index is 12.3. The van der Waals surface area contributed by atoms with Crippen LogP contribution < -0.4 is 11.1 Å². The van der Waals surface area contributed by atoms with Crippen molar-refractivity contribution >= 4 is 11.7 Å². The van der Waals surface area contributed by atoms with Gasteiger partial charge in [0.15, 0.2) is 5.84 Å². The third-order valence-corrected chi connectivity index (χ3v) is 4.07. The van der Waals surface area contributed by atoms with Crippen molar-refractivity contribution in [3.05, 3.63) is 23.7 Å². The van der Waals surface area contributed by atoms with Gasteiger partial charge in [0.05, 0.1) is 5.56 Å². The summed E-state index contributed by atoms with van der Waals surface area (Å²) in [5.74, 6) is 1.06. The van der Waals surface area contributed by atoms with Gasteiger partial charge in [0.1, 0.15) is 17.6 Å². The van der Waals surface area contributed by atoms with Crippen LogP contribution in [0.25, 0.3) is 0 Å². The second kappa shape index (κ2) is 5.56. The third-order valence-electron chi connectivity index (χ3n) is 4.07. The number of rotatable bonds is 3. The molecule has 0 aliphatic heterocycles. The van der Waals surface area contributed by atoms with Crippen LogP contribution in [0, 0.1) is 12.8 Å². The summed E-state index contributed by atoms with van der Waals surface area (Å²) in [6.07, 6.45) is 4.62. The smallest absolute Gasteiger partial charge is 0.255 e. The summed E-state index contributed by atoms with van der Waals surface area (Å²) in [7, 11) is 0. The Hall–Kier alpha value is -1.98. The molecule has 0 unspecified atom stereocenters. The van der Waals surface area contributed by atoms with Gasteiger partial charge in [-0.15, -0.1) is 0 Å². The fourth-order valence-corrected chi connectivity index (χ4v) is 2.65. The van der Waals surface area contributed by atoms with Crippen molar-refractivity contribution < 1.29 is 14.4 Å². The Kier molecular flexibility index (Phi) is 4.01. The molecule has 6 heteroatoms. The molecule has 1 aliphatic rings. The maximum atomic E-state index is 12.3. The van der Waals surface area contributed by atoms with Crippen LogP contribution in [0.4, 0.5) is 0 Å². The average molecular weight is 279 g/mol. The Morgan fingerprint density at radius 2 is 2.20 bits per heavy atom. The molecule has 1 aliphatic carbocycles. The summed E-state index contributed by atoms with van der Waals surface area (Å²) in [5, 5.41) is 15.0. The Morgan fingerprint density at radius 1 is 1.55 bits per heavy atom. The predicted octanol–water partition coefficient (Wildman–Crippen LogP) is 2.01. The fourth-order valence-electron chi connectivity index (χ4n) is 2.65. The van der Waals surface area contributed by atoms with Gasteiger partial charge in [-0.1, -0.05) is 12.1 Å². The van der Waals surface area contributed by atoms with E-state index in [2.05, 4.69) is 17.4 Å². The van der Waals surface area contributed by atoms with Crippen LogP contribution >= 0.6 is 0 Å². The number of nitrogens with one attached hydrogen (secondary N) is 1. The van der Waals surface area contributed by atoms with Gasteiger partial charge < -0.3 is 20.7 Å². The number of carbonyl (C=O) groups is 1. The Morgan fingerprint density at radius 3 is 2.70 bits per heavy atom. The Balaban J connectivity index is 2.18. The number of amides is 1. The summed E-state index contributed by atoms with van der Waals surface area (Å²) < 4.78 is 5.14. The number of aryl methyl sites for hydroxylation is 1. The molecule has 0 atom stereocenters. The van der Waals surface area contributed by atoms with Crippen molar-refractivity contribution in [2.75, 3.05) is 0 Å². The monoisotopic (exact) mass is 279 g/mol. The number of carbonyl (C=O) groups excluding carboxylic acids is 1. The highest BCUT2D eigenvalue weighted by Crippen LogP contribution is 2.32. The van der Waals surface area contributed by atoms with Crippen molar-refractivity contribution in [3.8, 4) is 0 Å². The molecule has 6 nitrogen and oxygen atoms in total. The predicted molar refractivity (Wildman–Crippen MR) is 74.7 cm³/mol. The standard InChI is InChI=1S/C14H21N3O3/c1-9-3-5-14(6-4-9,13(15)17-19)16-12(18)11-7-10(2)20-8-11/h7-9,19H,3-6H2,1-2H3,(H2,15,17)(H,16,18). The van der Waals surface area contributed by atoms with Crippen molar-refractivity contribution in [2.45, 2.75) is 45.1 Å². The molecule has 1 aromatic rings. The highest BCUT2D eigenvalue weighted by Gasteiger charge is 2.40. The van der Waals surface area contributed by atoms with E-state index in [0.717, 1.165) is 12.8 Å². The minimum absolute atomic E-state index is 0.0676. The molecular weight excluding hydrogens is 258 g/mol. The second-order valence-corrected chi connectivity index (χ2v) is 5.65. The molecule has 1 fully saturated rings. The molecule has 0 aromatic carbocycles. The van der Waals surface area contributed by atoms with E-state index in [1.54, 1.807) is 13.0 Å². The Labute approximate surface area is 118 Å². The molecule has 20 heavy (non-hydrogen) atoms. The second-order valence-electron chi connectivity index (χ2n) is 5.65. The van der Waals surface area contributed by atoms with Gasteiger partial charge >= 0.3 is 0 Å². The topological polar surface area (TPSA) is 101 Å². The lowest BCUT2D eigenvalue weighted by atomic mass is 9.76. The zero-order valence-electron chi connectivity index (χ0n) is 11.8. The van der Waals surface area contributed by atoms with Gasteiger partial charge in [0, 0.05) is 0 Å². The molecule has 110 valence electrons. The first-order valence-electron chi connectivity index (χ1n) is 6.82. The number of hydrogen-bond donors (Lipinski definition) is 3. The number of nitrogens with zero attached hydrogens (tertiary/aromatic N) is 1. The minimum Gasteiger partial charge on any atom is -0.469 e. The normalized spacial score (nSPS) is 27.3. The van der Waals surface area contributed by atoms with Gasteiger partial charge in [-0.2, -0.15) is 0 Å². The maximum Gasteiger partial charge on any atom is 0.255 e. The van der Waals surface area contributed by atoms with E-state index in [1.165, 1.54) is 6.26 Å². The summed E-state index contributed by atoms with van der Waals surface area (Å²) in [4.78, 5) is 12.3. The van der Waals surface area contributed by atoms with Crippen LogP contribution in [0.5, 0.6) is 0 Å². The molecule has 0 bridgehead atoms. The third kappa shape index (κ3) is 2.79. The van der Waals surface area contributed by atoms with Crippen molar-refractivity contribution in [3.63, 3.8) is 0 Å². The highest BCUT2D eigenvalue weighted by molar-refractivity contribution is 6.00. The van der Waals surface area contributed by atoms with E-state index in [4.69, 9.17) is 15.4 Å². The van der Waals surface area contributed by atoms with E-state index in [9.17, 15) is 4.79 Å². The summed E-state index contributed by atoms with van der Waals surface area (Å²) >= 11 is 0. The van der Waals surface area contributed by atoms with Crippen LogP contribution in [0.2, 0.25) is 0 Å². The first-order valence-corrected chi connectivity index (χ1v) is 6.82. The largest absolute Gasteiger partial charge is 0.469 e. The lowest BCUT2D eigenvalue weighted by Crippen LogP contribution is -2.59. The lowest BCUT2D eigenvalue weighted by molar-refractivity contribution is 0.0897. The highest BCUT2D eigenvalue weighted by atomic mass is 16.4. The summed E-state index contributed by atoms with van der Waals surface area (Å²) in [6, 6.07) is 1.67. The van der Waals surface area contributed by atoms with E-state index < -0.39 is 5.54 Å². The van der Waals surface area contributed by atoms with Crippen LogP contribution in [0.1, 0.15) is 48.7 Å². The van der Waals surface area contributed by atoms with Crippen molar-refractivity contribution in [1.29, 1.82) is 0 Å². The summed E-state index contributed by atoms with van der Waals surface area (Å²) in [6.45, 7) is 3.94. The van der Waals surface area contributed by atoms with Crippen LogP contribution in [0.15, 0.2) is 21.9 Å². The van der Waals surface area contributed by atoms with Crippen LogP contribution in [-0.4, -0.2) is 22.5 Å². The van der Waals surface area contributed by atoms with E-state index >= 15 is 0 Å². The van der Waals surface area contributed by atoms with Gasteiger partial charge in [0.2, 0.25) is 0 Å². The molecule has 1 saturated carbocycles. The lowest BCUT2D eigenvalue weighted by Gasteiger charge is -2.38. The molecule has 2 rings (SSSR count). The van der Waals surface area contributed by atoms with Gasteiger partial charge in [-0.05, 0) is 44.6 Å². The van der Waals surface area contributed by atoms with Crippen LogP contribution in [-0.2, 0) is 0 Å². The molecule has 0 spiro atoms. The quantitative estimate of drug-likeness (QED) is 0.341. The Bertz CT molecular complexity index is 513. The first-order chi connectivity index (χ1) is 9.47. The first kappa shape index (κ1) is 14.4. The van der Waals surface area contributed by atoms with Crippen LogP contribution in [0.3, 0.4) is 0 Å². The minimum atomic E-state index is -0.760. The molecule has 0 saturated heterocycles. The fraction of sp³-hybridized carbons (Fsp3) is 0.571. The molecular formula is C14H21N3O3. The van der Waals surface area contributed by atoms with Crippen molar-refractivity contribution in [1.82, 2.24) is 5.32 Å². The molecule has 1 heterocycles. The average Bonchev–Trinajstić information content (AvgIpc) is 2.87. The molecule has 1 aromatic heterocycles. The molecule has 4 N–H and O–H groups in total. The van der Waals surface area contributed by atoms with E-state index in [0.29, 0.717) is 30.1 Å². The van der Waals surface area contributed by atoms with Gasteiger partial charge in [0.25, 0.3) is 5.91 Å². The van der Waals surface area contributed by atoms with Gasteiger partial charge in [-0.25, -0.2) is 0 Å². The zero-order chi connectivity index (χ0) is 14.8. The zero-order valence-corrected chi connectivity index (χ0v) is 11.8. The van der Waals surface area contributed by atoms with Gasteiger partial charge in [-0.3, -0.25) is 4.79 Å². The number of amidine groups is 1. The molecule has 1 amide bonds. The van der Waals surface area contributed by atoms with E-state index in [1.807, 2.05) is 0 Å². The number of oxime groups is 1. The number of hydrogen-bond acceptors (Lipinski definition) is 4. The van der Waals surface area contributed by atoms with E-state index in [-0.39, 0.29) is 11.7 Å². The van der Waals surface area contributed by atoms with Crippen molar-refractivity contribution in [2.24, 2.45) is 16.8 Å².